The molecule has 34 heavy (non-hydrogen) atoms. The lowest BCUT2D eigenvalue weighted by atomic mass is 9.91. The SMILES string of the molecule is CO[C@@H]1OC(C)[C@@H](O)[C@H](O[C@@H]2OC(C)[C@@H](C)[C@H](OS(=O)(=O)[O-])C2OSOO[O-])C1OSOO[O-]. The Morgan fingerprint density at radius 1 is 0.853 bits per heavy atom. The van der Waals surface area contributed by atoms with Crippen molar-refractivity contribution < 1.29 is 78.8 Å². The third-order valence-electron chi connectivity index (χ3n) is 5.12. The van der Waals surface area contributed by atoms with E-state index in [-0.39, 0.29) is 24.6 Å². The quantitative estimate of drug-likeness (QED) is 0.0624. The maximum atomic E-state index is 11.3. The topological polar surface area (TPSA) is 225 Å². The second kappa shape index (κ2) is 14.1. The van der Waals surface area contributed by atoms with E-state index in [0.717, 1.165) is 0 Å². The summed E-state index contributed by atoms with van der Waals surface area (Å²) in [5.74, 6) is -0.738. The summed E-state index contributed by atoms with van der Waals surface area (Å²) in [6.45, 7) is 4.55. The third-order valence-corrected chi connectivity index (χ3v) is 6.40. The van der Waals surface area contributed by atoms with Gasteiger partial charge in [0.05, 0.1) is 12.2 Å². The summed E-state index contributed by atoms with van der Waals surface area (Å²) in [5.41, 5.74) is 0. The molecule has 2 fully saturated rings. The van der Waals surface area contributed by atoms with Crippen molar-refractivity contribution in [2.75, 3.05) is 7.11 Å². The average Bonchev–Trinajstić information content (AvgIpc) is 2.77. The Hall–Kier alpha value is 0.0500. The van der Waals surface area contributed by atoms with E-state index in [4.69, 9.17) is 27.3 Å². The first-order chi connectivity index (χ1) is 16.0. The molecule has 17 nitrogen and oxygen atoms in total. The predicted molar refractivity (Wildman–Crippen MR) is 99.6 cm³/mol. The zero-order valence-corrected chi connectivity index (χ0v) is 20.4. The number of hydrogen-bond acceptors (Lipinski definition) is 19. The molecule has 0 spiro atoms. The van der Waals surface area contributed by atoms with E-state index in [1.807, 2.05) is 0 Å². The molecule has 4 unspecified atom stereocenters. The predicted octanol–water partition coefficient (Wildman–Crippen LogP) is -2.31. The maximum absolute atomic E-state index is 11.3. The summed E-state index contributed by atoms with van der Waals surface area (Å²) in [4.78, 5) is 0. The van der Waals surface area contributed by atoms with Gasteiger partial charge in [-0.2, -0.15) is 0 Å². The van der Waals surface area contributed by atoms with Crippen molar-refractivity contribution in [2.24, 2.45) is 5.92 Å². The number of aliphatic hydroxyl groups excluding tert-OH is 1. The molecule has 2 aliphatic rings. The van der Waals surface area contributed by atoms with E-state index in [0.29, 0.717) is 0 Å². The summed E-state index contributed by atoms with van der Waals surface area (Å²) < 4.78 is 79.5. The monoisotopic (exact) mass is 559 g/mol. The van der Waals surface area contributed by atoms with Crippen LogP contribution in [0.1, 0.15) is 20.8 Å². The van der Waals surface area contributed by atoms with Crippen molar-refractivity contribution in [3.05, 3.63) is 0 Å². The van der Waals surface area contributed by atoms with Crippen LogP contribution in [0.2, 0.25) is 0 Å². The van der Waals surface area contributed by atoms with Crippen LogP contribution >= 0.6 is 24.6 Å². The summed E-state index contributed by atoms with van der Waals surface area (Å²) >= 11 is 0.0889. The number of ether oxygens (including phenoxy) is 4. The van der Waals surface area contributed by atoms with Gasteiger partial charge in [0, 0.05) is 13.0 Å². The summed E-state index contributed by atoms with van der Waals surface area (Å²) in [6, 6.07) is 0. The molecule has 202 valence electrons. The molecule has 0 aromatic rings. The average molecular weight is 560 g/mol. The van der Waals surface area contributed by atoms with Crippen molar-refractivity contribution in [1.82, 2.24) is 0 Å². The first-order valence-electron chi connectivity index (χ1n) is 9.42. The van der Waals surface area contributed by atoms with Gasteiger partial charge in [0.2, 0.25) is 10.4 Å². The van der Waals surface area contributed by atoms with Crippen LogP contribution < -0.4 is 10.5 Å². The molecule has 0 aromatic carbocycles. The van der Waals surface area contributed by atoms with Crippen molar-refractivity contribution >= 4 is 35.0 Å². The van der Waals surface area contributed by atoms with Gasteiger partial charge in [-0.25, -0.2) is 8.42 Å². The van der Waals surface area contributed by atoms with Crippen molar-refractivity contribution in [1.29, 1.82) is 0 Å². The second-order valence-electron chi connectivity index (χ2n) is 7.10. The van der Waals surface area contributed by atoms with Gasteiger partial charge in [0.25, 0.3) is 0 Å². The number of rotatable bonds is 13. The minimum absolute atomic E-state index is 0.00747. The zero-order chi connectivity index (χ0) is 25.5. The standard InChI is InChI=1S/C14H26O17S3/c1-5-6(2)22-14(11(25-32-30-28-16)9(5)27-34(18,19)20)24-10-8(15)7(3)23-13(21-4)12(10)26-33-31-29-17/h5-17H,1-4H3,(H,18,19,20)/p-3/t5-,6?,7?,8-,9+,10+,11?,12?,13-,14+/m1/s1. The van der Waals surface area contributed by atoms with Crippen LogP contribution in [0.5, 0.6) is 0 Å². The zero-order valence-electron chi connectivity index (χ0n) is 18.0. The van der Waals surface area contributed by atoms with E-state index in [2.05, 4.69) is 22.9 Å². The molecular formula is C14H23O17S3-3. The van der Waals surface area contributed by atoms with Gasteiger partial charge in [0.1, 0.15) is 18.3 Å². The molecule has 0 amide bonds. The van der Waals surface area contributed by atoms with Crippen LogP contribution in [0.4, 0.5) is 0 Å². The van der Waals surface area contributed by atoms with Crippen LogP contribution in [-0.2, 0) is 60.6 Å². The highest BCUT2D eigenvalue weighted by Gasteiger charge is 2.52. The molecular weight excluding hydrogens is 536 g/mol. The third kappa shape index (κ3) is 8.29. The van der Waals surface area contributed by atoms with Gasteiger partial charge in [-0.05, 0) is 13.8 Å². The van der Waals surface area contributed by atoms with Gasteiger partial charge in [-0.15, -0.1) is 8.67 Å². The molecule has 0 aliphatic carbocycles. The fourth-order valence-corrected chi connectivity index (χ4v) is 4.60. The highest BCUT2D eigenvalue weighted by atomic mass is 32.3. The molecule has 2 rings (SSSR count). The molecule has 0 bridgehead atoms. The van der Waals surface area contributed by atoms with Crippen molar-refractivity contribution in [3.8, 4) is 0 Å². The van der Waals surface area contributed by atoms with E-state index in [1.54, 1.807) is 6.92 Å². The Morgan fingerprint density at radius 2 is 1.38 bits per heavy atom. The molecule has 2 aliphatic heterocycles. The summed E-state index contributed by atoms with van der Waals surface area (Å²) in [5, 5.41) is 37.3. The Bertz CT molecular complexity index is 699. The van der Waals surface area contributed by atoms with Crippen molar-refractivity contribution in [2.45, 2.75) is 76.1 Å². The highest BCUT2D eigenvalue weighted by Crippen LogP contribution is 2.37. The molecule has 0 saturated carbocycles. The first kappa shape index (κ1) is 30.3. The van der Waals surface area contributed by atoms with E-state index in [1.165, 1.54) is 21.0 Å². The van der Waals surface area contributed by atoms with E-state index < -0.39 is 71.6 Å². The number of aliphatic hydroxyl groups is 1. The molecule has 10 atom stereocenters. The minimum Gasteiger partial charge on any atom is -0.726 e. The second-order valence-corrected chi connectivity index (χ2v) is 9.04. The lowest BCUT2D eigenvalue weighted by molar-refractivity contribution is -0.778. The highest BCUT2D eigenvalue weighted by molar-refractivity contribution is 7.89. The lowest BCUT2D eigenvalue weighted by Gasteiger charge is -2.47. The van der Waals surface area contributed by atoms with E-state index >= 15 is 0 Å². The summed E-state index contributed by atoms with van der Waals surface area (Å²) in [7, 11) is -3.95. The Kier molecular flexibility index (Phi) is 12.6. The van der Waals surface area contributed by atoms with Gasteiger partial charge in [0.15, 0.2) is 49.4 Å². The number of methoxy groups -OCH3 is 1. The largest absolute Gasteiger partial charge is 0.726 e. The Balaban J connectivity index is 2.33. The van der Waals surface area contributed by atoms with Gasteiger partial charge in [-0.3, -0.25) is 22.6 Å². The molecule has 1 N–H and O–H groups in total. The van der Waals surface area contributed by atoms with Crippen LogP contribution in [-0.4, -0.2) is 80.5 Å². The Labute approximate surface area is 203 Å². The Morgan fingerprint density at radius 3 is 1.88 bits per heavy atom. The smallest absolute Gasteiger partial charge is 0.218 e. The van der Waals surface area contributed by atoms with E-state index in [9.17, 15) is 28.6 Å². The molecule has 20 heteroatoms. The molecule has 2 saturated heterocycles. The van der Waals surface area contributed by atoms with Gasteiger partial charge in [-0.1, -0.05) is 6.92 Å². The normalized spacial score (nSPS) is 39.3. The summed E-state index contributed by atoms with van der Waals surface area (Å²) in [6.07, 6.45) is -11.3. The maximum Gasteiger partial charge on any atom is 0.218 e. The van der Waals surface area contributed by atoms with Crippen LogP contribution in [0.3, 0.4) is 0 Å². The van der Waals surface area contributed by atoms with Crippen LogP contribution in [0.15, 0.2) is 0 Å². The van der Waals surface area contributed by atoms with Crippen molar-refractivity contribution in [3.63, 3.8) is 0 Å². The lowest BCUT2D eigenvalue weighted by Crippen LogP contribution is -2.63. The molecule has 0 radical (unpaired) electrons. The minimum atomic E-state index is -5.22. The fraction of sp³-hybridized carbons (Fsp3) is 1.00. The van der Waals surface area contributed by atoms with Crippen LogP contribution in [0.25, 0.3) is 0 Å². The first-order valence-corrected chi connectivity index (χ1v) is 12.1. The van der Waals surface area contributed by atoms with Gasteiger partial charge < -0.3 is 39.1 Å². The fourth-order valence-electron chi connectivity index (χ4n) is 3.36. The number of hydrogen-bond donors (Lipinski definition) is 1. The van der Waals surface area contributed by atoms with Crippen LogP contribution in [0, 0.1) is 5.92 Å². The van der Waals surface area contributed by atoms with Gasteiger partial charge >= 0.3 is 0 Å². The molecule has 0 aromatic heterocycles. The molecule has 2 heterocycles.